The minimum atomic E-state index is -0.0831. The predicted molar refractivity (Wildman–Crippen MR) is 422 cm³/mol. The molecule has 5 atom stereocenters. The van der Waals surface area contributed by atoms with Crippen LogP contribution >= 0.6 is 48.9 Å². The number of azo groups is 1. The second-order valence-corrected chi connectivity index (χ2v) is 28.0. The van der Waals surface area contributed by atoms with E-state index >= 15 is 0 Å². The van der Waals surface area contributed by atoms with Crippen LogP contribution in [0.5, 0.6) is 5.88 Å². The van der Waals surface area contributed by atoms with Crippen molar-refractivity contribution in [3.63, 3.8) is 0 Å². The number of hydrogen-bond acceptors (Lipinski definition) is 14. The van der Waals surface area contributed by atoms with Crippen molar-refractivity contribution in [3.8, 4) is 5.88 Å². The number of para-hydroxylation sites is 1. The summed E-state index contributed by atoms with van der Waals surface area (Å²) in [4.78, 5) is 4.00. The first-order valence-electron chi connectivity index (χ1n) is 35.1. The quantitative estimate of drug-likeness (QED) is 0.0139. The number of anilines is 1. The van der Waals surface area contributed by atoms with Gasteiger partial charge in [0.25, 0.3) is 0 Å². The molecule has 7 fully saturated rings. The van der Waals surface area contributed by atoms with Crippen LogP contribution in [0.1, 0.15) is 206 Å². The van der Waals surface area contributed by atoms with Gasteiger partial charge in [0.2, 0.25) is 22.9 Å². The fraction of sp³-hybridized carbons (Fsp3) is 0.549. The van der Waals surface area contributed by atoms with Crippen molar-refractivity contribution < 1.29 is 5.11 Å². The second-order valence-electron chi connectivity index (χ2n) is 26.3. The van der Waals surface area contributed by atoms with Crippen LogP contribution in [0.3, 0.4) is 0 Å². The number of nitrogens with one attached hydrogen (secondary N) is 6. The van der Waals surface area contributed by atoms with E-state index in [9.17, 15) is 5.11 Å². The molecule has 532 valence electrons. The molecule has 11 rings (SSSR count). The molecule has 0 bridgehead atoms. The van der Waals surface area contributed by atoms with Crippen LogP contribution < -0.4 is 61.4 Å². The van der Waals surface area contributed by atoms with E-state index in [1.165, 1.54) is 163 Å². The third-order valence-electron chi connectivity index (χ3n) is 18.8. The highest BCUT2D eigenvalue weighted by molar-refractivity contribution is 7.80. The minimum absolute atomic E-state index is 0.0690. The Balaban J connectivity index is 0.000000188. The van der Waals surface area contributed by atoms with E-state index in [0.29, 0.717) is 35.3 Å². The van der Waals surface area contributed by atoms with Crippen LogP contribution in [0.4, 0.5) is 11.4 Å². The van der Waals surface area contributed by atoms with Crippen LogP contribution in [0.25, 0.3) is 10.9 Å². The predicted octanol–water partition coefficient (Wildman–Crippen LogP) is 14.2. The number of fused-ring (bicyclic) bond motifs is 1. The lowest BCUT2D eigenvalue weighted by Crippen LogP contribution is -2.29. The number of hydrogen-bond donors (Lipinski definition) is 13. The van der Waals surface area contributed by atoms with Crippen molar-refractivity contribution in [2.45, 2.75) is 207 Å². The van der Waals surface area contributed by atoms with Gasteiger partial charge in [-0.3, -0.25) is 26.7 Å². The molecule has 23 nitrogen and oxygen atoms in total. The third-order valence-corrected chi connectivity index (χ3v) is 19.3. The van der Waals surface area contributed by atoms with E-state index in [4.69, 9.17) is 88.7 Å². The van der Waals surface area contributed by atoms with Gasteiger partial charge in [-0.1, -0.05) is 106 Å². The van der Waals surface area contributed by atoms with Gasteiger partial charge in [0.15, 0.2) is 21.0 Å². The Morgan fingerprint density at radius 3 is 1.67 bits per heavy atom. The molecular formula is C71H108N22OS4. The van der Waals surface area contributed by atoms with Gasteiger partial charge in [-0.15, -0.1) is 21.9 Å². The lowest BCUT2D eigenvalue weighted by molar-refractivity contribution is 0.407. The molecule has 0 saturated heterocycles. The number of nitrogens with two attached hydrogens (primary N) is 6. The van der Waals surface area contributed by atoms with Crippen molar-refractivity contribution in [1.29, 1.82) is 5.41 Å². The summed E-state index contributed by atoms with van der Waals surface area (Å²) in [5.74, 6) is 4.75. The molecule has 7 aliphatic rings. The van der Waals surface area contributed by atoms with Crippen molar-refractivity contribution >= 4 is 132 Å². The van der Waals surface area contributed by atoms with E-state index < -0.39 is 0 Å². The molecule has 2 aromatic heterocycles. The third kappa shape index (κ3) is 27.8. The molecule has 7 aliphatic carbocycles. The number of allylic oxidation sites excluding steroid dienone is 1. The number of benzene rings is 2. The SMILES string of the molecule is C=CCC1CCCC/C1=N\NC(N)=S.CC(C)n1c(O)c(N=NC(=S)Nc2cccnc2)c2ccccc21.CC1CCCC/C1=N\NC(=N)N.NC(=S)N/N=C1\CCCC1C1CCCC1.NC(=S)N/N=C1\CCCCC1Cc1ccccc1.NC(N)=N/N=C1\CCCC1C1CCCC1. The molecule has 4 aromatic rings. The second kappa shape index (κ2) is 43.5. The average Bonchev–Trinajstić information content (AvgIpc) is 1.62. The summed E-state index contributed by atoms with van der Waals surface area (Å²) in [5.41, 5.74) is 51.9. The highest BCUT2D eigenvalue weighted by Gasteiger charge is 2.34. The average molecular weight is 1410 g/mol. The maximum Gasteiger partial charge on any atom is 0.221 e. The van der Waals surface area contributed by atoms with E-state index in [2.05, 4.69) is 111 Å². The Labute approximate surface area is 602 Å². The van der Waals surface area contributed by atoms with Gasteiger partial charge in [-0.2, -0.15) is 25.5 Å². The first-order chi connectivity index (χ1) is 47.3. The molecule has 7 saturated carbocycles. The number of hydrazone groups is 4. The van der Waals surface area contributed by atoms with Crippen molar-refractivity contribution in [2.75, 3.05) is 5.32 Å². The lowest BCUT2D eigenvalue weighted by atomic mass is 9.83. The molecule has 98 heavy (non-hydrogen) atoms. The van der Waals surface area contributed by atoms with Gasteiger partial charge < -0.3 is 49.4 Å². The van der Waals surface area contributed by atoms with E-state index in [0.717, 1.165) is 79.1 Å². The van der Waals surface area contributed by atoms with Crippen molar-refractivity contribution in [1.82, 2.24) is 31.3 Å². The highest BCUT2D eigenvalue weighted by atomic mass is 32.1. The monoisotopic (exact) mass is 1410 g/mol. The number of pyridine rings is 1. The summed E-state index contributed by atoms with van der Waals surface area (Å²) < 4.78 is 1.82. The highest BCUT2D eigenvalue weighted by Crippen LogP contribution is 2.42. The minimum Gasteiger partial charge on any atom is -0.493 e. The lowest BCUT2D eigenvalue weighted by Gasteiger charge is -2.24. The smallest absolute Gasteiger partial charge is 0.221 e. The molecule has 2 heterocycles. The molecule has 19 N–H and O–H groups in total. The van der Waals surface area contributed by atoms with Gasteiger partial charge in [0, 0.05) is 69.9 Å². The molecule has 5 unspecified atom stereocenters. The van der Waals surface area contributed by atoms with E-state index in [-0.39, 0.29) is 44.3 Å². The van der Waals surface area contributed by atoms with Gasteiger partial charge >= 0.3 is 0 Å². The Morgan fingerprint density at radius 1 is 0.612 bits per heavy atom. The van der Waals surface area contributed by atoms with Crippen LogP contribution in [0.2, 0.25) is 0 Å². The van der Waals surface area contributed by atoms with Gasteiger partial charge in [0.1, 0.15) is 0 Å². The Bertz CT molecular complexity index is 3400. The Hall–Kier alpha value is -7.88. The molecular weight excluding hydrogens is 1310 g/mol. The van der Waals surface area contributed by atoms with Crippen molar-refractivity contribution in [2.24, 2.45) is 117 Å². The fourth-order valence-corrected chi connectivity index (χ4v) is 14.5. The molecule has 0 aliphatic heterocycles. The molecule has 0 radical (unpaired) electrons. The van der Waals surface area contributed by atoms with Crippen LogP contribution in [-0.2, 0) is 6.42 Å². The Morgan fingerprint density at radius 2 is 1.12 bits per heavy atom. The fourth-order valence-electron chi connectivity index (χ4n) is 14.2. The van der Waals surface area contributed by atoms with E-state index in [1.807, 2.05) is 60.9 Å². The maximum absolute atomic E-state index is 10.5. The zero-order valence-corrected chi connectivity index (χ0v) is 61.0. The topological polar surface area (TPSA) is 377 Å². The van der Waals surface area contributed by atoms with Gasteiger partial charge in [-0.05, 0) is 239 Å². The van der Waals surface area contributed by atoms with Gasteiger partial charge in [-0.25, -0.2) is 5.43 Å². The summed E-state index contributed by atoms with van der Waals surface area (Å²) in [5, 5.41) is 55.4. The number of nitrogens with zero attached hydrogens (tertiary/aromatic N) is 10. The summed E-state index contributed by atoms with van der Waals surface area (Å²) in [7, 11) is 0. The van der Waals surface area contributed by atoms with Crippen LogP contribution in [0.15, 0.2) is 133 Å². The maximum atomic E-state index is 10.5. The standard InChI is InChI=1S/C17H17N5OS.C14H19N3S.C11H20N4.C11H19N3S.C10H17N3S.C8H16N4/c1-11(2)22-14-8-4-3-7-13(14)15(16(22)23)20-21-17(24)19-12-6-5-9-18-10-12;15-14(18)17-16-13-9-5-4-8-12(13)10-11-6-2-1-3-7-11;12-11(13)15-14-10-7-3-6-9(10)8-4-1-2-5-8;12-11(15)14-13-10-7-3-6-9(10)8-4-1-2-5-8;1-2-5-8-6-3-4-7-9(8)12-13-10(11)14;1-6-4-2-3-5-7(6)11-12-8(9)10/h3-11,23H,1-2H3,(H,19,24);1-3,6-7,12H,4-5,8-10H2,(H3,15,17,18);8-9H,1-7H2,(H4,12,13,15);8-9H,1-7H2,(H3,12,14,15);2,8H,1,3-7H2,(H3,11,13,14);6H,2-5H2,1H3,(H4,9,10,12)/b;16-13+;14-10+;13-10+;12-9+;11-7+. The number of guanidine groups is 2. The zero-order valence-electron chi connectivity index (χ0n) is 57.7. The first-order valence-corrected chi connectivity index (χ1v) is 36.7. The molecule has 2 aromatic carbocycles. The number of aromatic nitrogens is 2. The molecule has 27 heteroatoms. The van der Waals surface area contributed by atoms with Crippen LogP contribution in [-0.4, -0.2) is 75.6 Å². The van der Waals surface area contributed by atoms with E-state index in [1.54, 1.807) is 18.5 Å². The van der Waals surface area contributed by atoms with Gasteiger partial charge in [0.05, 0.1) is 17.4 Å². The summed E-state index contributed by atoms with van der Waals surface area (Å²) in [6, 6.07) is 22.0. The normalized spacial score (nSPS) is 22.8. The summed E-state index contributed by atoms with van der Waals surface area (Å²) in [6.45, 7) is 9.93. The number of rotatable bonds is 14. The van der Waals surface area contributed by atoms with Crippen molar-refractivity contribution in [3.05, 3.63) is 97.3 Å². The largest absolute Gasteiger partial charge is 0.493 e. The Kier molecular flexibility index (Phi) is 35.1. The summed E-state index contributed by atoms with van der Waals surface area (Å²) in [6.07, 6.45) is 40.0. The molecule has 0 spiro atoms. The zero-order chi connectivity index (χ0) is 70.6. The number of thiocarbonyl (C=S) groups is 4. The van der Waals surface area contributed by atoms with Crippen LogP contribution in [0, 0.1) is 46.8 Å². The first kappa shape index (κ1) is 79.1. The number of aromatic hydroxyl groups is 1. The molecule has 0 amide bonds. The summed E-state index contributed by atoms with van der Waals surface area (Å²) >= 11 is 19.4.